The van der Waals surface area contributed by atoms with Crippen LogP contribution in [0.3, 0.4) is 0 Å². The molecule has 2 N–H and O–H groups in total. The maximum Gasteiger partial charge on any atom is 0.292 e. The lowest BCUT2D eigenvalue weighted by molar-refractivity contribution is 0.0841. The number of hydrogen-bond donors (Lipinski definition) is 2. The minimum absolute atomic E-state index is 0.0960. The number of hydrogen-bond acceptors (Lipinski definition) is 5. The van der Waals surface area contributed by atoms with Crippen molar-refractivity contribution in [1.29, 1.82) is 0 Å². The van der Waals surface area contributed by atoms with Gasteiger partial charge in [-0.2, -0.15) is 0 Å². The van der Waals surface area contributed by atoms with E-state index in [1.54, 1.807) is 12.1 Å². The first-order chi connectivity index (χ1) is 15.5. The molecule has 0 atom stereocenters. The summed E-state index contributed by atoms with van der Waals surface area (Å²) in [6, 6.07) is 24.3. The highest BCUT2D eigenvalue weighted by Gasteiger charge is 2.22. The number of aryl methyl sites for hydroxylation is 2. The van der Waals surface area contributed by atoms with Gasteiger partial charge in [0.15, 0.2) is 10.8 Å². The topological polar surface area (TPSA) is 84.2 Å². The molecule has 0 aliphatic carbocycles. The zero-order valence-electron chi connectivity index (χ0n) is 17.6. The molecule has 0 aliphatic rings. The van der Waals surface area contributed by atoms with E-state index in [0.717, 1.165) is 21.6 Å². The van der Waals surface area contributed by atoms with Crippen molar-refractivity contribution in [2.75, 3.05) is 0 Å². The van der Waals surface area contributed by atoms with E-state index >= 15 is 0 Å². The second-order valence-electron chi connectivity index (χ2n) is 7.21. The number of aromatic nitrogens is 1. The number of rotatable bonds is 5. The van der Waals surface area contributed by atoms with Gasteiger partial charge in [0.05, 0.1) is 0 Å². The highest BCUT2D eigenvalue weighted by Crippen LogP contribution is 2.34. The van der Waals surface area contributed by atoms with Gasteiger partial charge in [-0.1, -0.05) is 53.6 Å². The molecule has 0 spiro atoms. The first-order valence-corrected chi connectivity index (χ1v) is 10.8. The molecule has 1 heterocycles. The lowest BCUT2D eigenvalue weighted by atomic mass is 10.1. The van der Waals surface area contributed by atoms with E-state index in [0.29, 0.717) is 16.5 Å². The summed E-state index contributed by atoms with van der Waals surface area (Å²) in [5.41, 5.74) is 8.33. The molecule has 2 amide bonds. The van der Waals surface area contributed by atoms with Crippen LogP contribution in [0.25, 0.3) is 11.5 Å². The van der Waals surface area contributed by atoms with Gasteiger partial charge in [0, 0.05) is 16.0 Å². The van der Waals surface area contributed by atoms with Crippen LogP contribution in [0.1, 0.15) is 32.0 Å². The average molecular weight is 444 g/mol. The summed E-state index contributed by atoms with van der Waals surface area (Å²) in [5, 5.41) is 0.342. The van der Waals surface area contributed by atoms with Crippen molar-refractivity contribution in [3.8, 4) is 11.5 Å². The maximum atomic E-state index is 12.9. The molecule has 160 valence electrons. The number of nitrogens with one attached hydrogen (secondary N) is 2. The molecule has 0 aliphatic heterocycles. The number of nitrogens with zero attached hydrogens (tertiary/aromatic N) is 1. The predicted molar refractivity (Wildman–Crippen MR) is 123 cm³/mol. The third-order valence-corrected chi connectivity index (χ3v) is 5.64. The van der Waals surface area contributed by atoms with Crippen molar-refractivity contribution < 1.29 is 14.0 Å². The van der Waals surface area contributed by atoms with Crippen LogP contribution in [0, 0.1) is 13.8 Å². The molecule has 6 nitrogen and oxygen atoms in total. The van der Waals surface area contributed by atoms with Crippen LogP contribution >= 0.6 is 11.8 Å². The molecule has 32 heavy (non-hydrogen) atoms. The van der Waals surface area contributed by atoms with Crippen LogP contribution in [-0.2, 0) is 0 Å². The fourth-order valence-corrected chi connectivity index (χ4v) is 3.73. The van der Waals surface area contributed by atoms with E-state index in [2.05, 4.69) is 15.8 Å². The van der Waals surface area contributed by atoms with Crippen molar-refractivity contribution in [1.82, 2.24) is 15.8 Å². The van der Waals surface area contributed by atoms with Gasteiger partial charge in [0.1, 0.15) is 0 Å². The summed E-state index contributed by atoms with van der Waals surface area (Å²) >= 11 is 1.30. The van der Waals surface area contributed by atoms with Gasteiger partial charge in [0.25, 0.3) is 11.8 Å². The molecule has 0 radical (unpaired) electrons. The molecule has 3 aromatic carbocycles. The van der Waals surface area contributed by atoms with Gasteiger partial charge in [0.2, 0.25) is 5.89 Å². The second-order valence-corrected chi connectivity index (χ2v) is 8.26. The third-order valence-electron chi connectivity index (χ3n) is 4.67. The minimum atomic E-state index is -0.564. The Morgan fingerprint density at radius 2 is 1.38 bits per heavy atom. The number of benzene rings is 3. The van der Waals surface area contributed by atoms with E-state index in [4.69, 9.17) is 4.42 Å². The largest absolute Gasteiger partial charge is 0.429 e. The van der Waals surface area contributed by atoms with Gasteiger partial charge in [-0.25, -0.2) is 4.98 Å². The van der Waals surface area contributed by atoms with Crippen molar-refractivity contribution in [2.45, 2.75) is 23.8 Å². The molecule has 0 saturated carbocycles. The Balaban J connectivity index is 1.56. The number of amides is 2. The van der Waals surface area contributed by atoms with E-state index in [1.807, 2.05) is 80.6 Å². The molecule has 7 heteroatoms. The quantitative estimate of drug-likeness (QED) is 0.415. The summed E-state index contributed by atoms with van der Waals surface area (Å²) in [6.07, 6.45) is 0. The number of oxazole rings is 1. The fraction of sp³-hybridized carbons (Fsp3) is 0.0800. The standard InChI is InChI=1S/C25H21N3O3S/c1-16-8-12-18(13-9-16)22(29)27-28-23(30)21-25(32-20-14-10-17(2)11-15-20)31-24(26-21)19-6-4-3-5-7-19/h3-15H,1-2H3,(H,27,29)(H,28,30). The fourth-order valence-electron chi connectivity index (χ4n) is 2.89. The Morgan fingerprint density at radius 1 is 0.781 bits per heavy atom. The monoisotopic (exact) mass is 443 g/mol. The molecule has 0 fully saturated rings. The van der Waals surface area contributed by atoms with Gasteiger partial charge < -0.3 is 4.42 Å². The van der Waals surface area contributed by atoms with E-state index < -0.39 is 11.8 Å². The first kappa shape index (κ1) is 21.4. The molecule has 0 bridgehead atoms. The number of hydrazine groups is 1. The van der Waals surface area contributed by atoms with Crippen molar-refractivity contribution in [2.24, 2.45) is 0 Å². The van der Waals surface area contributed by atoms with Gasteiger partial charge >= 0.3 is 0 Å². The minimum Gasteiger partial charge on any atom is -0.429 e. The lowest BCUT2D eigenvalue weighted by Gasteiger charge is -2.07. The SMILES string of the molecule is Cc1ccc(Sc2oc(-c3ccccc3)nc2C(=O)NNC(=O)c2ccc(C)cc2)cc1. The summed E-state index contributed by atoms with van der Waals surface area (Å²) < 4.78 is 5.94. The maximum absolute atomic E-state index is 12.9. The molecule has 4 rings (SSSR count). The van der Waals surface area contributed by atoms with Gasteiger partial charge in [-0.3, -0.25) is 20.4 Å². The second kappa shape index (κ2) is 9.53. The zero-order valence-corrected chi connectivity index (χ0v) is 18.4. The Labute approximate surface area is 190 Å². The lowest BCUT2D eigenvalue weighted by Crippen LogP contribution is -2.41. The van der Waals surface area contributed by atoms with Crippen LogP contribution in [0.5, 0.6) is 0 Å². The van der Waals surface area contributed by atoms with Crippen LogP contribution in [0.4, 0.5) is 0 Å². The Bertz CT molecular complexity index is 1230. The molecule has 0 unspecified atom stereocenters. The van der Waals surface area contributed by atoms with Crippen molar-refractivity contribution in [3.63, 3.8) is 0 Å². The molecular formula is C25H21N3O3S. The first-order valence-electron chi connectivity index (χ1n) is 9.98. The summed E-state index contributed by atoms with van der Waals surface area (Å²) in [4.78, 5) is 30.5. The molecule has 0 saturated heterocycles. The summed E-state index contributed by atoms with van der Waals surface area (Å²) in [5.74, 6) is -0.654. The Hall–Kier alpha value is -3.84. The van der Waals surface area contributed by atoms with Gasteiger partial charge in [-0.05, 0) is 62.0 Å². The van der Waals surface area contributed by atoms with Crippen molar-refractivity contribution >= 4 is 23.6 Å². The molecular weight excluding hydrogens is 422 g/mol. The summed E-state index contributed by atoms with van der Waals surface area (Å²) in [7, 11) is 0. The number of carbonyl (C=O) groups excluding carboxylic acids is 2. The summed E-state index contributed by atoms with van der Waals surface area (Å²) in [6.45, 7) is 3.94. The Kier molecular flexibility index (Phi) is 6.37. The Morgan fingerprint density at radius 3 is 2.03 bits per heavy atom. The van der Waals surface area contributed by atoms with Crippen LogP contribution in [0.2, 0.25) is 0 Å². The normalized spacial score (nSPS) is 10.6. The van der Waals surface area contributed by atoms with E-state index in [9.17, 15) is 9.59 Å². The smallest absolute Gasteiger partial charge is 0.292 e. The van der Waals surface area contributed by atoms with Crippen LogP contribution in [-0.4, -0.2) is 16.8 Å². The third kappa shape index (κ3) is 5.07. The zero-order chi connectivity index (χ0) is 22.5. The van der Waals surface area contributed by atoms with Crippen LogP contribution < -0.4 is 10.9 Å². The van der Waals surface area contributed by atoms with Crippen molar-refractivity contribution in [3.05, 3.63) is 101 Å². The highest BCUT2D eigenvalue weighted by molar-refractivity contribution is 7.99. The van der Waals surface area contributed by atoms with Gasteiger partial charge in [-0.15, -0.1) is 0 Å². The van der Waals surface area contributed by atoms with Crippen LogP contribution in [0.15, 0.2) is 93.3 Å². The predicted octanol–water partition coefficient (Wildman–Crippen LogP) is 5.18. The van der Waals surface area contributed by atoms with E-state index in [1.165, 1.54) is 11.8 Å². The number of carbonyl (C=O) groups is 2. The molecule has 4 aromatic rings. The van der Waals surface area contributed by atoms with E-state index in [-0.39, 0.29) is 5.69 Å². The molecule has 1 aromatic heterocycles. The highest BCUT2D eigenvalue weighted by atomic mass is 32.2. The average Bonchev–Trinajstić information content (AvgIpc) is 3.24.